The maximum Gasteiger partial charge on any atom is 0.253 e. The maximum atomic E-state index is 12.3. The molecule has 1 N–H and O–H groups in total. The van der Waals surface area contributed by atoms with E-state index in [1.54, 1.807) is 0 Å². The molecule has 0 unspecified atom stereocenters. The van der Waals surface area contributed by atoms with Gasteiger partial charge in [-0.2, -0.15) is 0 Å². The number of carbonyl (C=O) groups excluding carboxylic acids is 1. The zero-order valence-electron chi connectivity index (χ0n) is 10.6. The Hall–Kier alpha value is -1.35. The third kappa shape index (κ3) is 2.86. The third-order valence-corrected chi connectivity index (χ3v) is 3.44. The van der Waals surface area contributed by atoms with E-state index in [0.717, 1.165) is 31.5 Å². The molecule has 1 aliphatic rings. The number of aryl methyl sites for hydroxylation is 1. The van der Waals surface area contributed by atoms with E-state index in [0.29, 0.717) is 6.04 Å². The molecule has 2 rings (SSSR count). The summed E-state index contributed by atoms with van der Waals surface area (Å²) < 4.78 is 0. The molecule has 0 spiro atoms. The van der Waals surface area contributed by atoms with Gasteiger partial charge in [0.15, 0.2) is 0 Å². The summed E-state index contributed by atoms with van der Waals surface area (Å²) in [5.74, 6) is 0.124. The highest BCUT2D eigenvalue weighted by molar-refractivity contribution is 5.94. The third-order valence-electron chi connectivity index (χ3n) is 3.44. The summed E-state index contributed by atoms with van der Waals surface area (Å²) in [5, 5.41) is 3.34. The summed E-state index contributed by atoms with van der Waals surface area (Å²) in [6, 6.07) is 8.12. The van der Waals surface area contributed by atoms with Gasteiger partial charge in [0.05, 0.1) is 0 Å². The van der Waals surface area contributed by atoms with Crippen molar-refractivity contribution in [3.63, 3.8) is 0 Å². The molecule has 1 saturated heterocycles. The van der Waals surface area contributed by atoms with Crippen LogP contribution in [0.4, 0.5) is 0 Å². The molecule has 1 aliphatic heterocycles. The Labute approximate surface area is 103 Å². The van der Waals surface area contributed by atoms with Gasteiger partial charge < -0.3 is 10.2 Å². The van der Waals surface area contributed by atoms with Crippen LogP contribution in [0, 0.1) is 6.92 Å². The van der Waals surface area contributed by atoms with Crippen molar-refractivity contribution in [2.75, 3.05) is 20.1 Å². The molecule has 0 aliphatic carbocycles. The minimum atomic E-state index is 0.124. The van der Waals surface area contributed by atoms with Gasteiger partial charge in [0.2, 0.25) is 0 Å². The molecule has 1 heterocycles. The molecule has 1 aromatic rings. The lowest BCUT2D eigenvalue weighted by atomic mass is 10.0. The highest BCUT2D eigenvalue weighted by Crippen LogP contribution is 2.13. The number of carbonyl (C=O) groups is 1. The molecule has 1 amide bonds. The first kappa shape index (κ1) is 12.1. The number of likely N-dealkylation sites (N-methyl/N-ethyl adjacent to an activating group) is 1. The van der Waals surface area contributed by atoms with Gasteiger partial charge >= 0.3 is 0 Å². The minimum Gasteiger partial charge on any atom is -0.337 e. The van der Waals surface area contributed by atoms with Crippen molar-refractivity contribution >= 4 is 5.91 Å². The van der Waals surface area contributed by atoms with Gasteiger partial charge in [-0.05, 0) is 38.4 Å². The van der Waals surface area contributed by atoms with Crippen molar-refractivity contribution in [1.29, 1.82) is 0 Å². The Morgan fingerprint density at radius 2 is 2.06 bits per heavy atom. The number of amides is 1. The quantitative estimate of drug-likeness (QED) is 0.843. The van der Waals surface area contributed by atoms with E-state index in [2.05, 4.69) is 5.32 Å². The van der Waals surface area contributed by atoms with Crippen LogP contribution >= 0.6 is 0 Å². The molecule has 0 radical (unpaired) electrons. The summed E-state index contributed by atoms with van der Waals surface area (Å²) in [6.45, 7) is 4.01. The molecule has 1 aromatic carbocycles. The second kappa shape index (κ2) is 5.32. The molecule has 3 heteroatoms. The highest BCUT2D eigenvalue weighted by Gasteiger charge is 2.22. The topological polar surface area (TPSA) is 32.3 Å². The van der Waals surface area contributed by atoms with E-state index in [-0.39, 0.29) is 5.91 Å². The summed E-state index contributed by atoms with van der Waals surface area (Å²) in [4.78, 5) is 14.1. The van der Waals surface area contributed by atoms with Crippen molar-refractivity contribution in [2.24, 2.45) is 0 Å². The zero-order valence-corrected chi connectivity index (χ0v) is 10.6. The fourth-order valence-electron chi connectivity index (χ4n) is 2.23. The van der Waals surface area contributed by atoms with Crippen LogP contribution in [0.2, 0.25) is 0 Å². The van der Waals surface area contributed by atoms with Gasteiger partial charge in [0.1, 0.15) is 0 Å². The average molecular weight is 232 g/mol. The molecular formula is C14H20N2O. The molecule has 0 saturated carbocycles. The number of hydrogen-bond donors (Lipinski definition) is 1. The van der Waals surface area contributed by atoms with Crippen molar-refractivity contribution in [2.45, 2.75) is 25.8 Å². The van der Waals surface area contributed by atoms with E-state index in [1.165, 1.54) is 5.56 Å². The lowest BCUT2D eigenvalue weighted by Gasteiger charge is -2.31. The van der Waals surface area contributed by atoms with Crippen LogP contribution in [0.1, 0.15) is 28.8 Å². The van der Waals surface area contributed by atoms with E-state index in [4.69, 9.17) is 0 Å². The number of nitrogens with one attached hydrogen (secondary N) is 1. The van der Waals surface area contributed by atoms with Crippen LogP contribution in [-0.2, 0) is 0 Å². The Morgan fingerprint density at radius 3 is 2.65 bits per heavy atom. The first-order valence-corrected chi connectivity index (χ1v) is 6.23. The van der Waals surface area contributed by atoms with Crippen LogP contribution in [-0.4, -0.2) is 37.0 Å². The van der Waals surface area contributed by atoms with Gasteiger partial charge in [-0.25, -0.2) is 0 Å². The normalized spacial score (nSPS) is 20.0. The Balaban J connectivity index is 2.05. The first-order valence-electron chi connectivity index (χ1n) is 6.23. The second-order valence-electron chi connectivity index (χ2n) is 4.78. The Bertz CT molecular complexity index is 380. The van der Waals surface area contributed by atoms with Gasteiger partial charge in [-0.1, -0.05) is 17.7 Å². The summed E-state index contributed by atoms with van der Waals surface area (Å²) in [5.41, 5.74) is 1.97. The van der Waals surface area contributed by atoms with E-state index in [1.807, 2.05) is 43.1 Å². The highest BCUT2D eigenvalue weighted by atomic mass is 16.2. The molecule has 17 heavy (non-hydrogen) atoms. The first-order chi connectivity index (χ1) is 8.18. The van der Waals surface area contributed by atoms with Crippen molar-refractivity contribution < 1.29 is 4.79 Å². The van der Waals surface area contributed by atoms with Crippen LogP contribution in [0.3, 0.4) is 0 Å². The maximum absolute atomic E-state index is 12.3. The second-order valence-corrected chi connectivity index (χ2v) is 4.78. The van der Waals surface area contributed by atoms with Gasteiger partial charge in [-0.15, -0.1) is 0 Å². The molecule has 1 fully saturated rings. The fourth-order valence-corrected chi connectivity index (χ4v) is 2.23. The standard InChI is InChI=1S/C14H20N2O/c1-11-5-7-12(8-6-11)14(17)16(2)13-4-3-9-15-10-13/h5-8,13,15H,3-4,9-10H2,1-2H3/t13-/m1/s1. The number of nitrogens with zero attached hydrogens (tertiary/aromatic N) is 1. The van der Waals surface area contributed by atoms with Gasteiger partial charge in [0.25, 0.3) is 5.91 Å². The van der Waals surface area contributed by atoms with Crippen LogP contribution < -0.4 is 5.32 Å². The predicted octanol–water partition coefficient (Wildman–Crippen LogP) is 1.82. The lowest BCUT2D eigenvalue weighted by molar-refractivity contribution is 0.0708. The van der Waals surface area contributed by atoms with Gasteiger partial charge in [0, 0.05) is 25.2 Å². The molecule has 0 bridgehead atoms. The van der Waals surface area contributed by atoms with Crippen LogP contribution in [0.15, 0.2) is 24.3 Å². The van der Waals surface area contributed by atoms with Gasteiger partial charge in [-0.3, -0.25) is 4.79 Å². The lowest BCUT2D eigenvalue weighted by Crippen LogP contribution is -2.46. The SMILES string of the molecule is Cc1ccc(C(=O)N(C)[C@@H]2CCCNC2)cc1. The van der Waals surface area contributed by atoms with E-state index < -0.39 is 0 Å². The average Bonchev–Trinajstić information content (AvgIpc) is 2.39. The minimum absolute atomic E-state index is 0.124. The van der Waals surface area contributed by atoms with Crippen molar-refractivity contribution in [3.8, 4) is 0 Å². The summed E-state index contributed by atoms with van der Waals surface area (Å²) >= 11 is 0. The zero-order chi connectivity index (χ0) is 12.3. The number of benzene rings is 1. The van der Waals surface area contributed by atoms with Crippen LogP contribution in [0.25, 0.3) is 0 Å². The Morgan fingerprint density at radius 1 is 1.35 bits per heavy atom. The largest absolute Gasteiger partial charge is 0.337 e. The molecule has 1 atom stereocenters. The van der Waals surface area contributed by atoms with E-state index in [9.17, 15) is 4.79 Å². The number of hydrogen-bond acceptors (Lipinski definition) is 2. The molecule has 0 aromatic heterocycles. The van der Waals surface area contributed by atoms with Crippen molar-refractivity contribution in [3.05, 3.63) is 35.4 Å². The van der Waals surface area contributed by atoms with Crippen molar-refractivity contribution in [1.82, 2.24) is 10.2 Å². The predicted molar refractivity (Wildman–Crippen MR) is 69.2 cm³/mol. The molecular weight excluding hydrogens is 212 g/mol. The summed E-state index contributed by atoms with van der Waals surface area (Å²) in [6.07, 6.45) is 2.25. The summed E-state index contributed by atoms with van der Waals surface area (Å²) in [7, 11) is 1.90. The molecule has 92 valence electrons. The molecule has 3 nitrogen and oxygen atoms in total. The number of piperidine rings is 1. The monoisotopic (exact) mass is 232 g/mol. The fraction of sp³-hybridized carbons (Fsp3) is 0.500. The number of rotatable bonds is 2. The Kier molecular flexibility index (Phi) is 3.79. The van der Waals surface area contributed by atoms with Crippen LogP contribution in [0.5, 0.6) is 0 Å². The van der Waals surface area contributed by atoms with E-state index >= 15 is 0 Å². The smallest absolute Gasteiger partial charge is 0.253 e.